The largest absolute Gasteiger partial charge is 0.312 e. The second-order valence-electron chi connectivity index (χ2n) is 4.86. The van der Waals surface area contributed by atoms with E-state index in [-0.39, 0.29) is 0 Å². The van der Waals surface area contributed by atoms with Crippen LogP contribution in [0.2, 0.25) is 0 Å². The van der Waals surface area contributed by atoms with Gasteiger partial charge in [-0.05, 0) is 30.2 Å². The molecule has 0 aromatic carbocycles. The zero-order chi connectivity index (χ0) is 11.0. The predicted octanol–water partition coefficient (Wildman–Crippen LogP) is -0.198. The Kier molecular flexibility index (Phi) is 2.61. The molecule has 6 heteroatoms. The van der Waals surface area contributed by atoms with Crippen molar-refractivity contribution in [3.63, 3.8) is 0 Å². The number of rotatable bonds is 3. The fourth-order valence-corrected chi connectivity index (χ4v) is 2.27. The third-order valence-corrected chi connectivity index (χ3v) is 3.27. The van der Waals surface area contributed by atoms with E-state index < -0.39 is 0 Å². The lowest BCUT2D eigenvalue weighted by Crippen LogP contribution is -2.48. The van der Waals surface area contributed by atoms with Gasteiger partial charge in [-0.25, -0.2) is 4.68 Å². The van der Waals surface area contributed by atoms with Crippen molar-refractivity contribution >= 4 is 0 Å². The third kappa shape index (κ3) is 2.08. The Labute approximate surface area is 95.0 Å². The molecule has 0 unspecified atom stereocenters. The molecule has 6 nitrogen and oxygen atoms in total. The van der Waals surface area contributed by atoms with Crippen LogP contribution in [0.1, 0.15) is 31.6 Å². The molecule has 1 aliphatic carbocycles. The van der Waals surface area contributed by atoms with Gasteiger partial charge in [0.25, 0.3) is 0 Å². The molecule has 1 aromatic heterocycles. The molecule has 3 rings (SSSR count). The topological polar surface area (TPSA) is 58.9 Å². The van der Waals surface area contributed by atoms with Crippen molar-refractivity contribution in [2.24, 2.45) is 0 Å². The molecule has 16 heavy (non-hydrogen) atoms. The summed E-state index contributed by atoms with van der Waals surface area (Å²) in [6.45, 7) is 6.33. The maximum absolute atomic E-state index is 4.14. The van der Waals surface area contributed by atoms with E-state index in [1.165, 1.54) is 12.8 Å². The van der Waals surface area contributed by atoms with Gasteiger partial charge in [-0.15, -0.1) is 5.10 Å². The molecule has 2 fully saturated rings. The van der Waals surface area contributed by atoms with Crippen LogP contribution in [0.5, 0.6) is 0 Å². The molecular weight excluding hydrogens is 204 g/mol. The SMILES string of the molecule is C[C@@H]1CN(Cc2nnnn2C2CC2)CCN1. The first-order chi connectivity index (χ1) is 7.83. The van der Waals surface area contributed by atoms with Crippen LogP contribution in [0.15, 0.2) is 0 Å². The summed E-state index contributed by atoms with van der Waals surface area (Å²) in [7, 11) is 0. The van der Waals surface area contributed by atoms with Gasteiger partial charge in [-0.1, -0.05) is 0 Å². The van der Waals surface area contributed by atoms with Gasteiger partial charge >= 0.3 is 0 Å². The minimum absolute atomic E-state index is 0.569. The molecule has 1 saturated carbocycles. The molecule has 2 heterocycles. The first-order valence-corrected chi connectivity index (χ1v) is 6.05. The van der Waals surface area contributed by atoms with Crippen LogP contribution >= 0.6 is 0 Å². The average Bonchev–Trinajstić information content (AvgIpc) is 3.00. The molecule has 0 radical (unpaired) electrons. The number of hydrogen-bond acceptors (Lipinski definition) is 5. The molecular formula is C10H18N6. The monoisotopic (exact) mass is 222 g/mol. The fraction of sp³-hybridized carbons (Fsp3) is 0.900. The van der Waals surface area contributed by atoms with E-state index in [0.717, 1.165) is 32.0 Å². The molecule has 1 saturated heterocycles. The van der Waals surface area contributed by atoms with Crippen molar-refractivity contribution in [3.8, 4) is 0 Å². The molecule has 1 N–H and O–H groups in total. The van der Waals surface area contributed by atoms with E-state index in [1.54, 1.807) is 0 Å². The Morgan fingerprint density at radius 2 is 2.31 bits per heavy atom. The van der Waals surface area contributed by atoms with Crippen LogP contribution in [-0.4, -0.2) is 50.8 Å². The van der Waals surface area contributed by atoms with E-state index in [0.29, 0.717) is 12.1 Å². The van der Waals surface area contributed by atoms with Gasteiger partial charge in [0.05, 0.1) is 12.6 Å². The Morgan fingerprint density at radius 3 is 3.06 bits per heavy atom. The van der Waals surface area contributed by atoms with Gasteiger partial charge in [0.15, 0.2) is 5.82 Å². The van der Waals surface area contributed by atoms with Crippen LogP contribution in [-0.2, 0) is 6.54 Å². The summed E-state index contributed by atoms with van der Waals surface area (Å²) in [6, 6.07) is 1.14. The van der Waals surface area contributed by atoms with E-state index in [4.69, 9.17) is 0 Å². The summed E-state index contributed by atoms with van der Waals surface area (Å²) in [5, 5.41) is 15.4. The average molecular weight is 222 g/mol. The van der Waals surface area contributed by atoms with Crippen molar-refractivity contribution in [3.05, 3.63) is 5.82 Å². The Morgan fingerprint density at radius 1 is 1.44 bits per heavy atom. The van der Waals surface area contributed by atoms with E-state index in [1.807, 2.05) is 4.68 Å². The van der Waals surface area contributed by atoms with Crippen LogP contribution in [0.3, 0.4) is 0 Å². The summed E-state index contributed by atoms with van der Waals surface area (Å²) in [5.74, 6) is 1.02. The highest BCUT2D eigenvalue weighted by atomic mass is 15.6. The van der Waals surface area contributed by atoms with Crippen molar-refractivity contribution < 1.29 is 0 Å². The molecule has 88 valence electrons. The fourth-order valence-electron chi connectivity index (χ4n) is 2.27. The Bertz CT molecular complexity index is 358. The summed E-state index contributed by atoms with van der Waals surface area (Å²) in [6.07, 6.45) is 2.46. The third-order valence-electron chi connectivity index (χ3n) is 3.27. The minimum atomic E-state index is 0.569. The van der Waals surface area contributed by atoms with Crippen LogP contribution in [0.4, 0.5) is 0 Å². The predicted molar refractivity (Wildman–Crippen MR) is 58.8 cm³/mol. The van der Waals surface area contributed by atoms with Crippen LogP contribution < -0.4 is 5.32 Å². The highest BCUT2D eigenvalue weighted by Gasteiger charge is 2.28. The van der Waals surface area contributed by atoms with Gasteiger partial charge in [0.2, 0.25) is 0 Å². The summed E-state index contributed by atoms with van der Waals surface area (Å²) < 4.78 is 2.01. The lowest BCUT2D eigenvalue weighted by atomic mass is 10.2. The first-order valence-electron chi connectivity index (χ1n) is 6.05. The Balaban J connectivity index is 1.66. The smallest absolute Gasteiger partial charge is 0.165 e. The van der Waals surface area contributed by atoms with Crippen molar-refractivity contribution in [1.29, 1.82) is 0 Å². The molecule has 1 aromatic rings. The molecule has 2 aliphatic rings. The zero-order valence-electron chi connectivity index (χ0n) is 9.63. The number of nitrogens with one attached hydrogen (secondary N) is 1. The maximum Gasteiger partial charge on any atom is 0.165 e. The zero-order valence-corrected chi connectivity index (χ0v) is 9.63. The number of aromatic nitrogens is 4. The molecule has 1 atom stereocenters. The van der Waals surface area contributed by atoms with Crippen molar-refractivity contribution in [2.75, 3.05) is 19.6 Å². The lowest BCUT2D eigenvalue weighted by Gasteiger charge is -2.31. The van der Waals surface area contributed by atoms with Crippen LogP contribution in [0, 0.1) is 0 Å². The van der Waals surface area contributed by atoms with E-state index in [2.05, 4.69) is 32.7 Å². The van der Waals surface area contributed by atoms with Gasteiger partial charge in [-0.2, -0.15) is 0 Å². The summed E-state index contributed by atoms with van der Waals surface area (Å²) in [4.78, 5) is 2.42. The quantitative estimate of drug-likeness (QED) is 0.767. The van der Waals surface area contributed by atoms with E-state index >= 15 is 0 Å². The van der Waals surface area contributed by atoms with Gasteiger partial charge < -0.3 is 5.32 Å². The molecule has 0 amide bonds. The standard InChI is InChI=1S/C10H18N6/c1-8-6-15(5-4-11-8)7-10-12-13-14-16(10)9-2-3-9/h8-9,11H,2-7H2,1H3/t8-/m1/s1. The van der Waals surface area contributed by atoms with Crippen LogP contribution in [0.25, 0.3) is 0 Å². The van der Waals surface area contributed by atoms with Gasteiger partial charge in [0.1, 0.15) is 0 Å². The number of nitrogens with zero attached hydrogens (tertiary/aromatic N) is 5. The minimum Gasteiger partial charge on any atom is -0.312 e. The second kappa shape index (κ2) is 4.10. The highest BCUT2D eigenvalue weighted by molar-refractivity contribution is 4.91. The number of hydrogen-bond donors (Lipinski definition) is 1. The second-order valence-corrected chi connectivity index (χ2v) is 4.86. The van der Waals surface area contributed by atoms with Gasteiger partial charge in [-0.3, -0.25) is 4.90 Å². The van der Waals surface area contributed by atoms with Gasteiger partial charge in [0, 0.05) is 25.7 Å². The van der Waals surface area contributed by atoms with Crippen molar-refractivity contribution in [2.45, 2.75) is 38.4 Å². The van der Waals surface area contributed by atoms with Crippen molar-refractivity contribution in [1.82, 2.24) is 30.4 Å². The van der Waals surface area contributed by atoms with E-state index in [9.17, 15) is 0 Å². The number of piperazine rings is 1. The summed E-state index contributed by atoms with van der Waals surface area (Å²) >= 11 is 0. The maximum atomic E-state index is 4.14. The highest BCUT2D eigenvalue weighted by Crippen LogP contribution is 2.34. The molecule has 0 bridgehead atoms. The number of tetrazole rings is 1. The first kappa shape index (κ1) is 10.2. The lowest BCUT2D eigenvalue weighted by molar-refractivity contribution is 0.192. The normalized spacial score (nSPS) is 27.2. The summed E-state index contributed by atoms with van der Waals surface area (Å²) in [5.41, 5.74) is 0. The Hall–Kier alpha value is -1.01. The molecule has 0 spiro atoms. The molecule has 1 aliphatic heterocycles.